The lowest BCUT2D eigenvalue weighted by Crippen LogP contribution is -2.41. The van der Waals surface area contributed by atoms with E-state index in [1.165, 1.54) is 22.5 Å². The molecule has 0 spiro atoms. The van der Waals surface area contributed by atoms with Crippen LogP contribution in [0.2, 0.25) is 5.02 Å². The first-order valence-corrected chi connectivity index (χ1v) is 12.3. The van der Waals surface area contributed by atoms with Gasteiger partial charge in [-0.2, -0.15) is 4.31 Å². The zero-order valence-electron chi connectivity index (χ0n) is 17.8. The largest absolute Gasteiger partial charge is 0.494 e. The third-order valence-corrected chi connectivity index (χ3v) is 7.47. The zero-order chi connectivity index (χ0) is 23.1. The molecule has 2 amide bonds. The number of amides is 2. The quantitative estimate of drug-likeness (QED) is 0.618. The van der Waals surface area contributed by atoms with Crippen molar-refractivity contribution in [3.8, 4) is 5.75 Å². The molecule has 1 aliphatic rings. The number of benzene rings is 2. The van der Waals surface area contributed by atoms with Gasteiger partial charge < -0.3 is 4.74 Å². The highest BCUT2D eigenvalue weighted by atomic mass is 35.5. The molecule has 0 unspecified atom stereocenters. The number of hydrogen-bond acceptors (Lipinski definition) is 5. The van der Waals surface area contributed by atoms with E-state index in [1.807, 2.05) is 6.92 Å². The maximum absolute atomic E-state index is 13.1. The van der Waals surface area contributed by atoms with Crippen molar-refractivity contribution >= 4 is 33.4 Å². The summed E-state index contributed by atoms with van der Waals surface area (Å²) in [4.78, 5) is 24.7. The van der Waals surface area contributed by atoms with Gasteiger partial charge >= 0.3 is 0 Å². The average Bonchev–Trinajstić information content (AvgIpc) is 3.08. The predicted molar refractivity (Wildman–Crippen MR) is 121 cm³/mol. The molecule has 8 nitrogen and oxygen atoms in total. The van der Waals surface area contributed by atoms with Crippen LogP contribution in [0.1, 0.15) is 53.3 Å². The topological polar surface area (TPSA) is 105 Å². The van der Waals surface area contributed by atoms with Crippen LogP contribution in [-0.2, 0) is 10.0 Å². The van der Waals surface area contributed by atoms with Crippen molar-refractivity contribution in [2.45, 2.75) is 37.5 Å². The SMILES string of the molecule is CCOc1ccc(C(=O)NNC(=O)c2ccc(Cl)c(S(=O)(=O)N3CCCCCC3)c2)cc1. The number of hydrazine groups is 1. The standard InChI is InChI=1S/C22H26ClN3O5S/c1-2-31-18-10-7-16(8-11-18)21(27)24-25-22(28)17-9-12-19(23)20(15-17)32(29,30)26-13-5-3-4-6-14-26/h7-12,15H,2-6,13-14H2,1H3,(H,24,27)(H,25,28). The highest BCUT2D eigenvalue weighted by Crippen LogP contribution is 2.27. The first-order valence-electron chi connectivity index (χ1n) is 10.5. The van der Waals surface area contributed by atoms with E-state index in [4.69, 9.17) is 16.3 Å². The second-order valence-electron chi connectivity index (χ2n) is 7.33. The van der Waals surface area contributed by atoms with Gasteiger partial charge in [-0.3, -0.25) is 20.4 Å². The summed E-state index contributed by atoms with van der Waals surface area (Å²) in [6.45, 7) is 3.22. The lowest BCUT2D eigenvalue weighted by atomic mass is 10.2. The fourth-order valence-electron chi connectivity index (χ4n) is 3.39. The Hall–Kier alpha value is -2.62. The summed E-state index contributed by atoms with van der Waals surface area (Å²) in [6.07, 6.45) is 3.54. The Bertz CT molecular complexity index is 1070. The second kappa shape index (κ2) is 10.8. The number of nitrogens with zero attached hydrogens (tertiary/aromatic N) is 1. The number of nitrogens with one attached hydrogen (secondary N) is 2. The predicted octanol–water partition coefficient (Wildman–Crippen LogP) is 3.38. The summed E-state index contributed by atoms with van der Waals surface area (Å²) in [5.74, 6) is -0.548. The molecule has 2 aromatic carbocycles. The molecule has 1 saturated heterocycles. The van der Waals surface area contributed by atoms with E-state index >= 15 is 0 Å². The normalized spacial score (nSPS) is 14.9. The third kappa shape index (κ3) is 5.79. The fourth-order valence-corrected chi connectivity index (χ4v) is 5.41. The van der Waals surface area contributed by atoms with E-state index in [9.17, 15) is 18.0 Å². The average molecular weight is 480 g/mol. The molecule has 3 rings (SSSR count). The first kappa shape index (κ1) is 24.0. The summed E-state index contributed by atoms with van der Waals surface area (Å²) in [7, 11) is -3.83. The molecule has 1 fully saturated rings. The number of rotatable bonds is 6. The Morgan fingerprint density at radius 1 is 0.938 bits per heavy atom. The molecule has 2 N–H and O–H groups in total. The molecule has 0 aliphatic carbocycles. The van der Waals surface area contributed by atoms with Gasteiger partial charge in [0.25, 0.3) is 11.8 Å². The highest BCUT2D eigenvalue weighted by molar-refractivity contribution is 7.89. The summed E-state index contributed by atoms with van der Waals surface area (Å²) in [5, 5.41) is 0.0456. The molecular weight excluding hydrogens is 454 g/mol. The van der Waals surface area contributed by atoms with Crippen LogP contribution in [0.4, 0.5) is 0 Å². The van der Waals surface area contributed by atoms with Gasteiger partial charge in [0.2, 0.25) is 10.0 Å². The highest BCUT2D eigenvalue weighted by Gasteiger charge is 2.28. The van der Waals surface area contributed by atoms with Crippen LogP contribution < -0.4 is 15.6 Å². The Morgan fingerprint density at radius 2 is 1.50 bits per heavy atom. The van der Waals surface area contributed by atoms with Crippen molar-refractivity contribution in [3.05, 3.63) is 58.6 Å². The van der Waals surface area contributed by atoms with Gasteiger partial charge in [0, 0.05) is 24.2 Å². The number of carbonyl (C=O) groups is 2. The molecule has 10 heteroatoms. The molecule has 0 saturated carbocycles. The minimum absolute atomic E-state index is 0.0456. The van der Waals surface area contributed by atoms with Crippen LogP contribution in [-0.4, -0.2) is 44.2 Å². The van der Waals surface area contributed by atoms with E-state index in [0.29, 0.717) is 31.0 Å². The molecule has 0 radical (unpaired) electrons. The molecule has 0 atom stereocenters. The molecule has 0 aromatic heterocycles. The van der Waals surface area contributed by atoms with Crippen LogP contribution in [0.15, 0.2) is 47.4 Å². The van der Waals surface area contributed by atoms with Crippen LogP contribution in [0.25, 0.3) is 0 Å². The third-order valence-electron chi connectivity index (χ3n) is 5.09. The fraction of sp³-hybridized carbons (Fsp3) is 0.364. The van der Waals surface area contributed by atoms with E-state index < -0.39 is 21.8 Å². The lowest BCUT2D eigenvalue weighted by Gasteiger charge is -2.21. The maximum atomic E-state index is 13.1. The zero-order valence-corrected chi connectivity index (χ0v) is 19.3. The molecule has 1 heterocycles. The molecule has 0 bridgehead atoms. The van der Waals surface area contributed by atoms with Crippen molar-refractivity contribution in [1.29, 1.82) is 0 Å². The maximum Gasteiger partial charge on any atom is 0.269 e. The Balaban J connectivity index is 1.70. The summed E-state index contributed by atoms with van der Waals surface area (Å²) < 4.78 is 32.9. The van der Waals surface area contributed by atoms with E-state index in [2.05, 4.69) is 10.9 Å². The van der Waals surface area contributed by atoms with Crippen molar-refractivity contribution in [1.82, 2.24) is 15.2 Å². The summed E-state index contributed by atoms with van der Waals surface area (Å²) in [5.41, 5.74) is 5.02. The smallest absolute Gasteiger partial charge is 0.269 e. The van der Waals surface area contributed by atoms with Crippen molar-refractivity contribution in [2.24, 2.45) is 0 Å². The number of sulfonamides is 1. The lowest BCUT2D eigenvalue weighted by molar-refractivity contribution is 0.0846. The Labute approximate surface area is 192 Å². The van der Waals surface area contributed by atoms with Gasteiger partial charge in [0.05, 0.1) is 11.6 Å². The molecule has 172 valence electrons. The number of halogens is 1. The summed E-state index contributed by atoms with van der Waals surface area (Å²) in [6, 6.07) is 10.5. The van der Waals surface area contributed by atoms with Crippen molar-refractivity contribution < 1.29 is 22.7 Å². The van der Waals surface area contributed by atoms with Crippen LogP contribution in [0, 0.1) is 0 Å². The van der Waals surface area contributed by atoms with E-state index in [1.54, 1.807) is 24.3 Å². The molecule has 1 aliphatic heterocycles. The number of ether oxygens (including phenoxy) is 1. The molecular formula is C22H26ClN3O5S. The van der Waals surface area contributed by atoms with Gasteiger partial charge in [-0.1, -0.05) is 24.4 Å². The minimum Gasteiger partial charge on any atom is -0.494 e. The van der Waals surface area contributed by atoms with Crippen LogP contribution in [0.5, 0.6) is 5.75 Å². The van der Waals surface area contributed by atoms with Crippen molar-refractivity contribution in [2.75, 3.05) is 19.7 Å². The number of carbonyl (C=O) groups excluding carboxylic acids is 2. The molecule has 2 aromatic rings. The molecule has 32 heavy (non-hydrogen) atoms. The second-order valence-corrected chi connectivity index (χ2v) is 9.64. The van der Waals surface area contributed by atoms with E-state index in [-0.39, 0.29) is 15.5 Å². The van der Waals surface area contributed by atoms with Gasteiger partial charge in [0.1, 0.15) is 10.6 Å². The Morgan fingerprint density at radius 3 is 2.09 bits per heavy atom. The summed E-state index contributed by atoms with van der Waals surface area (Å²) >= 11 is 6.17. The number of hydrogen-bond donors (Lipinski definition) is 2. The van der Waals surface area contributed by atoms with Gasteiger partial charge in [-0.25, -0.2) is 8.42 Å². The van der Waals surface area contributed by atoms with Gasteiger partial charge in [-0.05, 0) is 62.2 Å². The first-order chi connectivity index (χ1) is 15.3. The van der Waals surface area contributed by atoms with Crippen molar-refractivity contribution in [3.63, 3.8) is 0 Å². The Kier molecular flexibility index (Phi) is 8.11. The van der Waals surface area contributed by atoms with E-state index in [0.717, 1.165) is 25.7 Å². The van der Waals surface area contributed by atoms with Gasteiger partial charge in [-0.15, -0.1) is 0 Å². The van der Waals surface area contributed by atoms with Gasteiger partial charge in [0.15, 0.2) is 0 Å². The minimum atomic E-state index is -3.83. The monoisotopic (exact) mass is 479 g/mol. The van der Waals surface area contributed by atoms with Crippen LogP contribution >= 0.6 is 11.6 Å². The van der Waals surface area contributed by atoms with Crippen LogP contribution in [0.3, 0.4) is 0 Å².